The maximum atomic E-state index is 12.9. The van der Waals surface area contributed by atoms with Gasteiger partial charge in [0.05, 0.1) is 12.6 Å². The van der Waals surface area contributed by atoms with Crippen LogP contribution >= 0.6 is 0 Å². The van der Waals surface area contributed by atoms with Gasteiger partial charge in [0.1, 0.15) is 11.5 Å². The molecule has 2 aliphatic heterocycles. The van der Waals surface area contributed by atoms with Crippen molar-refractivity contribution in [2.24, 2.45) is 4.99 Å². The Kier molecular flexibility index (Phi) is 2.69. The first-order valence-electron chi connectivity index (χ1n) is 5.91. The topological polar surface area (TPSA) is 15.6 Å². The second-order valence-electron chi connectivity index (χ2n) is 4.43. The standard InChI is InChI=1S/C14H11F3N2/c15-14(16,17)12-7-4-8-13-18-11(9-19(12)13)10-5-2-1-3-6-10/h1-8,11H,9H2/t11-/m0/s1. The molecular formula is C14H11F3N2. The van der Waals surface area contributed by atoms with Gasteiger partial charge < -0.3 is 4.90 Å². The molecule has 0 amide bonds. The molecule has 0 bridgehead atoms. The molecule has 0 saturated heterocycles. The van der Waals surface area contributed by atoms with Gasteiger partial charge in [-0.2, -0.15) is 13.2 Å². The molecule has 3 rings (SSSR count). The number of allylic oxidation sites excluding steroid dienone is 3. The quantitative estimate of drug-likeness (QED) is 0.758. The molecule has 0 unspecified atom stereocenters. The van der Waals surface area contributed by atoms with Crippen LogP contribution in [0.5, 0.6) is 0 Å². The Morgan fingerprint density at radius 3 is 2.58 bits per heavy atom. The number of hydrogen-bond acceptors (Lipinski definition) is 2. The van der Waals surface area contributed by atoms with Gasteiger partial charge in [0.25, 0.3) is 0 Å². The highest BCUT2D eigenvalue weighted by atomic mass is 19.4. The molecule has 1 aromatic rings. The largest absolute Gasteiger partial charge is 0.431 e. The molecule has 19 heavy (non-hydrogen) atoms. The van der Waals surface area contributed by atoms with Crippen LogP contribution in [0.25, 0.3) is 0 Å². The van der Waals surface area contributed by atoms with Crippen molar-refractivity contribution in [3.63, 3.8) is 0 Å². The van der Waals surface area contributed by atoms with Crippen LogP contribution in [0.1, 0.15) is 11.6 Å². The number of fused-ring (bicyclic) bond motifs is 1. The van der Waals surface area contributed by atoms with Crippen LogP contribution in [0, 0.1) is 0 Å². The highest BCUT2D eigenvalue weighted by Crippen LogP contribution is 2.36. The minimum Gasteiger partial charge on any atom is -0.320 e. The van der Waals surface area contributed by atoms with Crippen LogP contribution in [0.2, 0.25) is 0 Å². The predicted octanol–water partition coefficient (Wildman–Crippen LogP) is 3.46. The second-order valence-corrected chi connectivity index (χ2v) is 4.43. The number of amidine groups is 1. The number of alkyl halides is 3. The first-order valence-corrected chi connectivity index (χ1v) is 5.91. The predicted molar refractivity (Wildman–Crippen MR) is 66.6 cm³/mol. The van der Waals surface area contributed by atoms with Gasteiger partial charge in [-0.05, 0) is 17.7 Å². The van der Waals surface area contributed by atoms with E-state index >= 15 is 0 Å². The molecule has 1 atom stereocenters. The number of aliphatic imine (C=N–C) groups is 1. The van der Waals surface area contributed by atoms with Gasteiger partial charge in [0.15, 0.2) is 0 Å². The Balaban J connectivity index is 1.91. The lowest BCUT2D eigenvalue weighted by Crippen LogP contribution is -2.35. The number of nitrogens with zero attached hydrogens (tertiary/aromatic N) is 2. The normalized spacial score (nSPS) is 22.1. The molecule has 0 saturated carbocycles. The first kappa shape index (κ1) is 12.0. The van der Waals surface area contributed by atoms with Gasteiger partial charge in [-0.25, -0.2) is 0 Å². The van der Waals surface area contributed by atoms with Gasteiger partial charge in [-0.1, -0.05) is 36.4 Å². The zero-order valence-corrected chi connectivity index (χ0v) is 9.93. The third-order valence-corrected chi connectivity index (χ3v) is 3.19. The summed E-state index contributed by atoms with van der Waals surface area (Å²) in [6.07, 6.45) is -0.257. The maximum Gasteiger partial charge on any atom is 0.431 e. The molecule has 5 heteroatoms. The van der Waals surface area contributed by atoms with Crippen LogP contribution in [0.3, 0.4) is 0 Å². The highest BCUT2D eigenvalue weighted by molar-refractivity contribution is 5.97. The van der Waals surface area contributed by atoms with E-state index in [-0.39, 0.29) is 12.6 Å². The van der Waals surface area contributed by atoms with E-state index < -0.39 is 11.9 Å². The lowest BCUT2D eigenvalue weighted by atomic mass is 10.1. The number of benzene rings is 1. The fraction of sp³-hybridized carbons (Fsp3) is 0.214. The lowest BCUT2D eigenvalue weighted by Gasteiger charge is -2.26. The SMILES string of the molecule is FC(F)(F)C1=CC=CC2=N[C@H](c3ccccc3)CN12. The lowest BCUT2D eigenvalue weighted by molar-refractivity contribution is -0.105. The summed E-state index contributed by atoms with van der Waals surface area (Å²) in [6.45, 7) is 0.231. The summed E-state index contributed by atoms with van der Waals surface area (Å²) in [4.78, 5) is 5.59. The molecule has 98 valence electrons. The molecule has 0 aliphatic carbocycles. The zero-order chi connectivity index (χ0) is 13.5. The average Bonchev–Trinajstić information content (AvgIpc) is 2.82. The molecule has 0 fully saturated rings. The Bertz CT molecular complexity index is 570. The summed E-state index contributed by atoms with van der Waals surface area (Å²) >= 11 is 0. The average molecular weight is 264 g/mol. The van der Waals surface area contributed by atoms with E-state index in [4.69, 9.17) is 0 Å². The maximum absolute atomic E-state index is 12.9. The summed E-state index contributed by atoms with van der Waals surface area (Å²) in [5, 5.41) is 0. The Hall–Kier alpha value is -2.04. The van der Waals surface area contributed by atoms with Crippen LogP contribution in [-0.4, -0.2) is 23.5 Å². The Morgan fingerprint density at radius 1 is 1.16 bits per heavy atom. The van der Waals surface area contributed by atoms with Crippen molar-refractivity contribution < 1.29 is 13.2 Å². The number of hydrogen-bond donors (Lipinski definition) is 0. The van der Waals surface area contributed by atoms with E-state index in [0.717, 1.165) is 11.6 Å². The van der Waals surface area contributed by atoms with Gasteiger partial charge in [0.2, 0.25) is 0 Å². The fourth-order valence-corrected chi connectivity index (χ4v) is 2.31. The van der Waals surface area contributed by atoms with Crippen LogP contribution < -0.4 is 0 Å². The molecule has 1 aromatic carbocycles. The minimum atomic E-state index is -4.35. The van der Waals surface area contributed by atoms with Crippen molar-refractivity contribution in [2.45, 2.75) is 12.2 Å². The Labute approximate surface area is 108 Å². The molecular weight excluding hydrogens is 253 g/mol. The smallest absolute Gasteiger partial charge is 0.320 e. The van der Waals surface area contributed by atoms with Gasteiger partial charge in [-0.3, -0.25) is 4.99 Å². The van der Waals surface area contributed by atoms with Crippen molar-refractivity contribution in [3.05, 3.63) is 59.8 Å². The molecule has 2 aliphatic rings. The van der Waals surface area contributed by atoms with Crippen molar-refractivity contribution in [1.29, 1.82) is 0 Å². The van der Waals surface area contributed by atoms with E-state index in [2.05, 4.69) is 4.99 Å². The molecule has 2 heterocycles. The summed E-state index contributed by atoms with van der Waals surface area (Å²) in [5.41, 5.74) is 0.284. The minimum absolute atomic E-state index is 0.231. The fourth-order valence-electron chi connectivity index (χ4n) is 2.31. The van der Waals surface area contributed by atoms with Crippen LogP contribution in [0.4, 0.5) is 13.2 Å². The van der Waals surface area contributed by atoms with E-state index in [1.165, 1.54) is 11.0 Å². The van der Waals surface area contributed by atoms with Crippen molar-refractivity contribution in [3.8, 4) is 0 Å². The van der Waals surface area contributed by atoms with E-state index in [9.17, 15) is 13.2 Å². The van der Waals surface area contributed by atoms with E-state index in [1.807, 2.05) is 30.3 Å². The molecule has 0 N–H and O–H groups in total. The monoisotopic (exact) mass is 264 g/mol. The summed E-state index contributed by atoms with van der Waals surface area (Å²) in [7, 11) is 0. The summed E-state index contributed by atoms with van der Waals surface area (Å²) in [6, 6.07) is 9.12. The van der Waals surface area contributed by atoms with Gasteiger partial charge in [-0.15, -0.1) is 0 Å². The third-order valence-electron chi connectivity index (χ3n) is 3.19. The second kappa shape index (κ2) is 4.26. The Morgan fingerprint density at radius 2 is 1.89 bits per heavy atom. The number of halogens is 3. The first-order chi connectivity index (χ1) is 9.05. The van der Waals surface area contributed by atoms with Crippen LogP contribution in [0.15, 0.2) is 59.2 Å². The highest BCUT2D eigenvalue weighted by Gasteiger charge is 2.42. The van der Waals surface area contributed by atoms with E-state index in [0.29, 0.717) is 5.84 Å². The van der Waals surface area contributed by atoms with Crippen molar-refractivity contribution in [2.75, 3.05) is 6.54 Å². The van der Waals surface area contributed by atoms with Crippen LogP contribution in [-0.2, 0) is 0 Å². The number of rotatable bonds is 1. The van der Waals surface area contributed by atoms with Crippen molar-refractivity contribution >= 4 is 5.84 Å². The summed E-state index contributed by atoms with van der Waals surface area (Å²) < 4.78 is 38.7. The van der Waals surface area contributed by atoms with Gasteiger partial charge >= 0.3 is 6.18 Å². The molecule has 0 aromatic heterocycles. The summed E-state index contributed by atoms with van der Waals surface area (Å²) in [5.74, 6) is 0.378. The molecule has 0 radical (unpaired) electrons. The van der Waals surface area contributed by atoms with Gasteiger partial charge in [0, 0.05) is 0 Å². The molecule has 0 spiro atoms. The molecule has 2 nitrogen and oxygen atoms in total. The van der Waals surface area contributed by atoms with E-state index in [1.54, 1.807) is 6.08 Å². The van der Waals surface area contributed by atoms with Crippen molar-refractivity contribution in [1.82, 2.24) is 4.90 Å². The third kappa shape index (κ3) is 2.16. The zero-order valence-electron chi connectivity index (χ0n) is 9.93.